The summed E-state index contributed by atoms with van der Waals surface area (Å²) in [5, 5.41) is 0. The van der Waals surface area contributed by atoms with Crippen molar-refractivity contribution in [3.8, 4) is 0 Å². The van der Waals surface area contributed by atoms with Gasteiger partial charge in [0.25, 0.3) is 0 Å². The van der Waals surface area contributed by atoms with Gasteiger partial charge >= 0.3 is 5.97 Å². The molecule has 0 aromatic carbocycles. The largest absolute Gasteiger partial charge is 0.463 e. The highest BCUT2D eigenvalue weighted by Gasteiger charge is 2.34. The van der Waals surface area contributed by atoms with E-state index in [4.69, 9.17) is 9.47 Å². The van der Waals surface area contributed by atoms with Crippen molar-refractivity contribution in [2.24, 2.45) is 0 Å². The van der Waals surface area contributed by atoms with Gasteiger partial charge < -0.3 is 14.4 Å². The van der Waals surface area contributed by atoms with Crippen molar-refractivity contribution in [1.82, 2.24) is 19.6 Å². The summed E-state index contributed by atoms with van der Waals surface area (Å²) in [6.07, 6.45) is 0. The fourth-order valence-electron chi connectivity index (χ4n) is 3.43. The normalized spacial score (nSPS) is 26.1. The monoisotopic (exact) mass is 326 g/mol. The summed E-state index contributed by atoms with van der Waals surface area (Å²) in [6, 6.07) is 0.629. The molecule has 0 radical (unpaired) electrons. The van der Waals surface area contributed by atoms with E-state index in [2.05, 4.69) is 26.6 Å². The van der Waals surface area contributed by atoms with E-state index in [1.807, 2.05) is 0 Å². The third-order valence-electron chi connectivity index (χ3n) is 5.12. The Balaban J connectivity index is 1.24. The molecule has 0 spiro atoms. The molecule has 0 aromatic heterocycles. The molecule has 7 nitrogen and oxygen atoms in total. The zero-order chi connectivity index (χ0) is 16.1. The summed E-state index contributed by atoms with van der Waals surface area (Å²) in [5.41, 5.74) is 0. The molecule has 3 aliphatic rings. The van der Waals surface area contributed by atoms with Crippen LogP contribution in [0.4, 0.5) is 0 Å². The number of likely N-dealkylation sites (tertiary alicyclic amines) is 1. The van der Waals surface area contributed by atoms with Gasteiger partial charge in [0, 0.05) is 64.9 Å². The number of hydrogen-bond donors (Lipinski definition) is 0. The van der Waals surface area contributed by atoms with E-state index in [0.717, 1.165) is 72.1 Å². The Kier molecular flexibility index (Phi) is 6.24. The molecule has 0 atom stereocenters. The first-order chi connectivity index (χ1) is 11.2. The molecule has 3 saturated heterocycles. The fourth-order valence-corrected chi connectivity index (χ4v) is 3.43. The van der Waals surface area contributed by atoms with Crippen LogP contribution in [0.2, 0.25) is 0 Å². The Morgan fingerprint density at radius 2 is 1.74 bits per heavy atom. The number of piperazine rings is 1. The Morgan fingerprint density at radius 1 is 1.04 bits per heavy atom. The van der Waals surface area contributed by atoms with Crippen LogP contribution in [0, 0.1) is 0 Å². The van der Waals surface area contributed by atoms with Gasteiger partial charge in [-0.25, -0.2) is 0 Å². The number of hydrogen-bond acceptors (Lipinski definition) is 7. The molecule has 0 bridgehead atoms. The van der Waals surface area contributed by atoms with Gasteiger partial charge in [-0.2, -0.15) is 0 Å². The third-order valence-corrected chi connectivity index (χ3v) is 5.12. The van der Waals surface area contributed by atoms with E-state index < -0.39 is 0 Å². The maximum absolute atomic E-state index is 11.9. The lowest BCUT2D eigenvalue weighted by Crippen LogP contribution is -2.63. The van der Waals surface area contributed by atoms with E-state index in [9.17, 15) is 4.79 Å². The minimum atomic E-state index is -0.0879. The number of morpholine rings is 1. The average Bonchev–Trinajstić information content (AvgIpc) is 2.53. The van der Waals surface area contributed by atoms with Gasteiger partial charge in [0.15, 0.2) is 0 Å². The van der Waals surface area contributed by atoms with Crippen molar-refractivity contribution in [2.45, 2.75) is 6.04 Å². The number of carbonyl (C=O) groups excluding carboxylic acids is 1. The number of ether oxygens (including phenoxy) is 2. The average molecular weight is 326 g/mol. The lowest BCUT2D eigenvalue weighted by atomic mass is 10.1. The zero-order valence-corrected chi connectivity index (χ0v) is 14.3. The molecular formula is C16H30N4O3. The van der Waals surface area contributed by atoms with Crippen LogP contribution in [0.25, 0.3) is 0 Å². The van der Waals surface area contributed by atoms with E-state index in [1.54, 1.807) is 0 Å². The first-order valence-corrected chi connectivity index (χ1v) is 8.81. The van der Waals surface area contributed by atoms with Crippen LogP contribution in [0.15, 0.2) is 0 Å². The van der Waals surface area contributed by atoms with E-state index in [0.29, 0.717) is 19.2 Å². The lowest BCUT2D eigenvalue weighted by molar-refractivity contribution is -0.147. The molecule has 0 saturated carbocycles. The zero-order valence-electron chi connectivity index (χ0n) is 14.3. The van der Waals surface area contributed by atoms with Gasteiger partial charge in [-0.05, 0) is 7.05 Å². The third kappa shape index (κ3) is 5.12. The molecule has 0 aromatic rings. The predicted octanol–water partition coefficient (Wildman–Crippen LogP) is -1.21. The molecule has 3 rings (SSSR count). The first kappa shape index (κ1) is 17.1. The Labute approximate surface area is 139 Å². The van der Waals surface area contributed by atoms with Crippen LogP contribution in [-0.4, -0.2) is 124 Å². The minimum Gasteiger partial charge on any atom is -0.463 e. The molecule has 0 amide bonds. The van der Waals surface area contributed by atoms with Crippen molar-refractivity contribution in [3.63, 3.8) is 0 Å². The van der Waals surface area contributed by atoms with Crippen molar-refractivity contribution in [1.29, 1.82) is 0 Å². The predicted molar refractivity (Wildman–Crippen MR) is 87.5 cm³/mol. The molecular weight excluding hydrogens is 296 g/mol. The molecule has 0 N–H and O–H groups in total. The summed E-state index contributed by atoms with van der Waals surface area (Å²) < 4.78 is 10.7. The topological polar surface area (TPSA) is 48.5 Å². The molecule has 7 heteroatoms. The van der Waals surface area contributed by atoms with Gasteiger partial charge in [-0.1, -0.05) is 0 Å². The number of likely N-dealkylation sites (N-methyl/N-ethyl adjacent to an activating group) is 1. The molecule has 3 aliphatic heterocycles. The van der Waals surface area contributed by atoms with Gasteiger partial charge in [0.05, 0.1) is 19.8 Å². The van der Waals surface area contributed by atoms with E-state index in [1.165, 1.54) is 0 Å². The fraction of sp³-hybridized carbons (Fsp3) is 0.938. The number of carbonyl (C=O) groups is 1. The van der Waals surface area contributed by atoms with Crippen LogP contribution in [0.3, 0.4) is 0 Å². The molecule has 3 fully saturated rings. The number of esters is 1. The molecule has 132 valence electrons. The van der Waals surface area contributed by atoms with Crippen molar-refractivity contribution in [2.75, 3.05) is 92.3 Å². The summed E-state index contributed by atoms with van der Waals surface area (Å²) in [4.78, 5) is 21.3. The summed E-state index contributed by atoms with van der Waals surface area (Å²) in [7, 11) is 2.18. The Hall–Kier alpha value is -0.730. The maximum Gasteiger partial charge on any atom is 0.320 e. The molecule has 3 heterocycles. The highest BCUT2D eigenvalue weighted by Crippen LogP contribution is 2.16. The van der Waals surface area contributed by atoms with Gasteiger partial charge in [-0.15, -0.1) is 0 Å². The molecule has 0 unspecified atom stereocenters. The van der Waals surface area contributed by atoms with Gasteiger partial charge in [-0.3, -0.25) is 19.5 Å². The standard InChI is InChI=1S/C16H30N4O3/c1-17-2-4-20(5-3-17)15-12-19(13-15)14-16(21)23-11-8-18-6-9-22-10-7-18/h15H,2-14H2,1H3. The quantitative estimate of drug-likeness (QED) is 0.568. The molecule has 23 heavy (non-hydrogen) atoms. The maximum atomic E-state index is 11.9. The smallest absolute Gasteiger partial charge is 0.320 e. The van der Waals surface area contributed by atoms with Crippen LogP contribution < -0.4 is 0 Å². The lowest BCUT2D eigenvalue weighted by Gasteiger charge is -2.47. The Morgan fingerprint density at radius 3 is 2.43 bits per heavy atom. The minimum absolute atomic E-state index is 0.0879. The van der Waals surface area contributed by atoms with Gasteiger partial charge in [0.2, 0.25) is 0 Å². The van der Waals surface area contributed by atoms with Crippen molar-refractivity contribution < 1.29 is 14.3 Å². The van der Waals surface area contributed by atoms with E-state index in [-0.39, 0.29) is 5.97 Å². The van der Waals surface area contributed by atoms with Crippen LogP contribution in [-0.2, 0) is 14.3 Å². The Bertz CT molecular complexity index is 376. The highest BCUT2D eigenvalue weighted by molar-refractivity contribution is 5.71. The summed E-state index contributed by atoms with van der Waals surface area (Å²) >= 11 is 0. The summed E-state index contributed by atoms with van der Waals surface area (Å²) in [5.74, 6) is -0.0879. The second-order valence-electron chi connectivity index (χ2n) is 6.86. The van der Waals surface area contributed by atoms with Crippen LogP contribution >= 0.6 is 0 Å². The second-order valence-corrected chi connectivity index (χ2v) is 6.86. The first-order valence-electron chi connectivity index (χ1n) is 8.81. The number of rotatable bonds is 6. The summed E-state index contributed by atoms with van der Waals surface area (Å²) in [6.45, 7) is 11.8. The van der Waals surface area contributed by atoms with Gasteiger partial charge in [0.1, 0.15) is 6.61 Å². The highest BCUT2D eigenvalue weighted by atomic mass is 16.5. The van der Waals surface area contributed by atoms with Crippen LogP contribution in [0.5, 0.6) is 0 Å². The van der Waals surface area contributed by atoms with Crippen molar-refractivity contribution in [3.05, 3.63) is 0 Å². The van der Waals surface area contributed by atoms with E-state index >= 15 is 0 Å². The van der Waals surface area contributed by atoms with Crippen molar-refractivity contribution >= 4 is 5.97 Å². The second kappa shape index (κ2) is 8.39. The van der Waals surface area contributed by atoms with Crippen LogP contribution in [0.1, 0.15) is 0 Å². The molecule has 0 aliphatic carbocycles. The number of nitrogens with zero attached hydrogens (tertiary/aromatic N) is 4. The SMILES string of the molecule is CN1CCN(C2CN(CC(=O)OCCN3CCOCC3)C2)CC1.